The van der Waals surface area contributed by atoms with Crippen molar-refractivity contribution in [2.75, 3.05) is 26.2 Å². The number of nitrogens with zero attached hydrogens (tertiary/aromatic N) is 1. The molecule has 22 heavy (non-hydrogen) atoms. The minimum absolute atomic E-state index is 0. The van der Waals surface area contributed by atoms with Gasteiger partial charge in [-0.1, -0.05) is 40.4 Å². The summed E-state index contributed by atoms with van der Waals surface area (Å²) in [5.41, 5.74) is 0.971. The zero-order valence-electron chi connectivity index (χ0n) is 12.2. The van der Waals surface area contributed by atoms with E-state index in [0.29, 0.717) is 5.02 Å². The predicted molar refractivity (Wildman–Crippen MR) is 99.8 cm³/mol. The fraction of sp³-hybridized carbons (Fsp3) is 0.600. The molecule has 1 aliphatic heterocycles. The summed E-state index contributed by atoms with van der Waals surface area (Å²) in [7, 11) is 0. The highest BCUT2D eigenvalue weighted by molar-refractivity contribution is 9.10. The second-order valence-corrected chi connectivity index (χ2v) is 7.13. The number of hydrogen-bond donors (Lipinski definition) is 2. The Bertz CT molecular complexity index is 494. The Morgan fingerprint density at radius 1 is 1.27 bits per heavy atom. The maximum atomic E-state index is 10.4. The standard InChI is InChI=1S/C15H20BrClN2O.2ClH/c16-11-8-12(15(20)13(17)9-11)14(7-10-1-2-10)19-5-3-18-4-6-19;;/h8-10,14,18,20H,1-7H2;2*1H/t14-;;/m1../s1. The van der Waals surface area contributed by atoms with Gasteiger partial charge in [-0.3, -0.25) is 4.90 Å². The SMILES string of the molecule is Cl.Cl.Oc1c(Cl)cc(Br)cc1[C@@H](CC1CC1)N1CCNCC1. The Morgan fingerprint density at radius 3 is 2.50 bits per heavy atom. The van der Waals surface area contributed by atoms with Crippen molar-refractivity contribution in [3.8, 4) is 5.75 Å². The van der Waals surface area contributed by atoms with Gasteiger partial charge >= 0.3 is 0 Å². The molecule has 1 aromatic carbocycles. The number of hydrogen-bond acceptors (Lipinski definition) is 3. The molecule has 2 N–H and O–H groups in total. The average Bonchev–Trinajstić information content (AvgIpc) is 3.25. The van der Waals surface area contributed by atoms with Crippen molar-refractivity contribution in [2.45, 2.75) is 25.3 Å². The number of halogens is 4. The van der Waals surface area contributed by atoms with E-state index in [2.05, 4.69) is 26.1 Å². The number of aromatic hydroxyl groups is 1. The number of piperazine rings is 1. The molecule has 0 spiro atoms. The second kappa shape index (κ2) is 8.95. The van der Waals surface area contributed by atoms with E-state index < -0.39 is 0 Å². The minimum Gasteiger partial charge on any atom is -0.506 e. The molecule has 1 aromatic rings. The Balaban J connectivity index is 0.00000121. The first-order chi connectivity index (χ1) is 9.65. The average molecular weight is 433 g/mol. The molecule has 1 atom stereocenters. The van der Waals surface area contributed by atoms with Crippen molar-refractivity contribution in [1.29, 1.82) is 0 Å². The van der Waals surface area contributed by atoms with Crippen LogP contribution < -0.4 is 5.32 Å². The minimum atomic E-state index is 0. The highest BCUT2D eigenvalue weighted by Gasteiger charge is 2.32. The highest BCUT2D eigenvalue weighted by Crippen LogP contribution is 2.44. The molecular formula is C15H22BrCl3N2O. The van der Waals surface area contributed by atoms with E-state index in [1.54, 1.807) is 6.07 Å². The lowest BCUT2D eigenvalue weighted by Gasteiger charge is -2.36. The molecule has 1 heterocycles. The van der Waals surface area contributed by atoms with Crippen LogP contribution in [0.25, 0.3) is 0 Å². The van der Waals surface area contributed by atoms with Crippen LogP contribution in [0.3, 0.4) is 0 Å². The van der Waals surface area contributed by atoms with Crippen molar-refractivity contribution >= 4 is 52.3 Å². The number of benzene rings is 1. The fourth-order valence-corrected chi connectivity index (χ4v) is 3.81. The molecule has 0 bridgehead atoms. The van der Waals surface area contributed by atoms with Gasteiger partial charge in [-0.25, -0.2) is 0 Å². The summed E-state index contributed by atoms with van der Waals surface area (Å²) < 4.78 is 0.936. The summed E-state index contributed by atoms with van der Waals surface area (Å²) in [6, 6.07) is 4.06. The third-order valence-corrected chi connectivity index (χ3v) is 5.01. The van der Waals surface area contributed by atoms with E-state index in [1.807, 2.05) is 6.07 Å². The van der Waals surface area contributed by atoms with Gasteiger partial charge in [0.05, 0.1) is 5.02 Å². The Hall–Kier alpha value is 0.290. The van der Waals surface area contributed by atoms with Crippen LogP contribution >= 0.6 is 52.3 Å². The third kappa shape index (κ3) is 4.89. The van der Waals surface area contributed by atoms with Crippen molar-refractivity contribution in [2.24, 2.45) is 5.92 Å². The number of nitrogens with one attached hydrogen (secondary N) is 1. The van der Waals surface area contributed by atoms with Crippen molar-refractivity contribution in [3.63, 3.8) is 0 Å². The zero-order valence-corrected chi connectivity index (χ0v) is 16.2. The van der Waals surface area contributed by atoms with E-state index in [0.717, 1.165) is 48.6 Å². The molecule has 7 heteroatoms. The van der Waals surface area contributed by atoms with E-state index in [-0.39, 0.29) is 36.6 Å². The molecule has 1 saturated carbocycles. The van der Waals surface area contributed by atoms with Gasteiger partial charge in [-0.05, 0) is 24.5 Å². The summed E-state index contributed by atoms with van der Waals surface area (Å²) >= 11 is 9.64. The molecule has 0 radical (unpaired) electrons. The molecular weight excluding hydrogens is 410 g/mol. The van der Waals surface area contributed by atoms with Crippen LogP contribution in [-0.4, -0.2) is 36.2 Å². The molecule has 0 amide bonds. The van der Waals surface area contributed by atoms with Crippen LogP contribution in [0.15, 0.2) is 16.6 Å². The summed E-state index contributed by atoms with van der Waals surface area (Å²) in [6.07, 6.45) is 3.77. The van der Waals surface area contributed by atoms with Gasteiger partial charge in [0.2, 0.25) is 0 Å². The predicted octanol–water partition coefficient (Wildman–Crippen LogP) is 4.40. The lowest BCUT2D eigenvalue weighted by molar-refractivity contribution is 0.158. The molecule has 0 aromatic heterocycles. The Labute approximate surface area is 157 Å². The van der Waals surface area contributed by atoms with Crippen molar-refractivity contribution < 1.29 is 5.11 Å². The molecule has 1 saturated heterocycles. The van der Waals surface area contributed by atoms with Crippen molar-refractivity contribution in [3.05, 3.63) is 27.2 Å². The largest absolute Gasteiger partial charge is 0.506 e. The highest BCUT2D eigenvalue weighted by atomic mass is 79.9. The number of phenolic OH excluding ortho intramolecular Hbond substituents is 1. The second-order valence-electron chi connectivity index (χ2n) is 5.81. The number of rotatable bonds is 4. The van der Waals surface area contributed by atoms with E-state index in [9.17, 15) is 5.11 Å². The van der Waals surface area contributed by atoms with Gasteiger partial charge in [-0.2, -0.15) is 0 Å². The van der Waals surface area contributed by atoms with Crippen LogP contribution in [0.1, 0.15) is 30.9 Å². The lowest BCUT2D eigenvalue weighted by Crippen LogP contribution is -2.45. The van der Waals surface area contributed by atoms with Gasteiger partial charge in [0.1, 0.15) is 5.75 Å². The molecule has 2 fully saturated rings. The first kappa shape index (κ1) is 20.3. The smallest absolute Gasteiger partial charge is 0.139 e. The van der Waals surface area contributed by atoms with E-state index in [1.165, 1.54) is 12.8 Å². The summed E-state index contributed by atoms with van der Waals surface area (Å²) in [5.74, 6) is 1.06. The van der Waals surface area contributed by atoms with E-state index in [4.69, 9.17) is 11.6 Å². The first-order valence-corrected chi connectivity index (χ1v) is 8.45. The zero-order chi connectivity index (χ0) is 14.1. The molecule has 2 aliphatic rings. The fourth-order valence-electron chi connectivity index (χ4n) is 2.98. The molecule has 3 nitrogen and oxygen atoms in total. The normalized spacial score (nSPS) is 19.9. The van der Waals surface area contributed by atoms with E-state index >= 15 is 0 Å². The van der Waals surface area contributed by atoms with Crippen LogP contribution in [0.4, 0.5) is 0 Å². The van der Waals surface area contributed by atoms with Crippen LogP contribution in [0.5, 0.6) is 5.75 Å². The Kier molecular flexibility index (Phi) is 8.27. The monoisotopic (exact) mass is 430 g/mol. The van der Waals surface area contributed by atoms with Gasteiger partial charge < -0.3 is 10.4 Å². The van der Waals surface area contributed by atoms with Gasteiger partial charge in [0.15, 0.2) is 0 Å². The molecule has 3 rings (SSSR count). The topological polar surface area (TPSA) is 35.5 Å². The lowest BCUT2D eigenvalue weighted by atomic mass is 9.97. The first-order valence-electron chi connectivity index (χ1n) is 7.28. The van der Waals surface area contributed by atoms with Crippen LogP contribution in [-0.2, 0) is 0 Å². The van der Waals surface area contributed by atoms with Gasteiger partial charge in [0, 0.05) is 42.3 Å². The quantitative estimate of drug-likeness (QED) is 0.740. The van der Waals surface area contributed by atoms with Crippen LogP contribution in [0.2, 0.25) is 5.02 Å². The third-order valence-electron chi connectivity index (χ3n) is 4.26. The van der Waals surface area contributed by atoms with Gasteiger partial charge in [0.25, 0.3) is 0 Å². The molecule has 1 aliphatic carbocycles. The number of phenols is 1. The Morgan fingerprint density at radius 2 is 1.91 bits per heavy atom. The van der Waals surface area contributed by atoms with Crippen LogP contribution in [0, 0.1) is 5.92 Å². The molecule has 0 unspecified atom stereocenters. The summed E-state index contributed by atoms with van der Waals surface area (Å²) in [5, 5.41) is 14.2. The van der Waals surface area contributed by atoms with Gasteiger partial charge in [-0.15, -0.1) is 24.8 Å². The summed E-state index contributed by atoms with van der Waals surface area (Å²) in [4.78, 5) is 2.48. The van der Waals surface area contributed by atoms with Crippen molar-refractivity contribution in [1.82, 2.24) is 10.2 Å². The summed E-state index contributed by atoms with van der Waals surface area (Å²) in [6.45, 7) is 4.09. The maximum Gasteiger partial charge on any atom is 0.139 e. The maximum absolute atomic E-state index is 10.4. The molecule has 126 valence electrons.